The first kappa shape index (κ1) is 23.1. The van der Waals surface area contributed by atoms with Crippen LogP contribution in [0.2, 0.25) is 5.02 Å². The van der Waals surface area contributed by atoms with E-state index in [9.17, 15) is 9.59 Å². The number of nitrogens with zero attached hydrogens (tertiary/aromatic N) is 3. The number of aromatic amines is 1. The summed E-state index contributed by atoms with van der Waals surface area (Å²) in [5, 5.41) is 1.64. The third kappa shape index (κ3) is 2.98. The minimum absolute atomic E-state index is 0.0190. The number of anilines is 1. The number of carbonyl (C=O) groups excluding carboxylic acids is 2. The smallest absolute Gasteiger partial charge is 0.246 e. The van der Waals surface area contributed by atoms with E-state index in [4.69, 9.17) is 11.6 Å². The number of nitrogens with one attached hydrogen (secondary N) is 1. The van der Waals surface area contributed by atoms with Crippen molar-refractivity contribution in [3.63, 3.8) is 0 Å². The molecule has 2 bridgehead atoms. The molecule has 5 aliphatic rings. The highest BCUT2D eigenvalue weighted by Crippen LogP contribution is 2.85. The molecule has 6 nitrogen and oxygen atoms in total. The molecule has 1 spiro atoms. The van der Waals surface area contributed by atoms with Crippen molar-refractivity contribution in [1.29, 1.82) is 0 Å². The van der Waals surface area contributed by atoms with Gasteiger partial charge in [0, 0.05) is 48.5 Å². The summed E-state index contributed by atoms with van der Waals surface area (Å²) in [5.41, 5.74) is 5.40. The van der Waals surface area contributed by atoms with Gasteiger partial charge in [-0.05, 0) is 90.4 Å². The quantitative estimate of drug-likeness (QED) is 0.452. The number of rotatable bonds is 5. The van der Waals surface area contributed by atoms with Crippen LogP contribution in [0.3, 0.4) is 0 Å². The molecule has 3 aromatic rings. The summed E-state index contributed by atoms with van der Waals surface area (Å²) in [6.07, 6.45) is 11.9. The van der Waals surface area contributed by atoms with Gasteiger partial charge in [-0.25, -0.2) is 4.98 Å². The zero-order valence-electron chi connectivity index (χ0n) is 21.8. The molecular formula is C31H33ClN4O2. The van der Waals surface area contributed by atoms with Crippen LogP contribution in [0.4, 0.5) is 5.69 Å². The first-order valence-electron chi connectivity index (χ1n) is 14.2. The second-order valence-corrected chi connectivity index (χ2v) is 13.1. The maximum atomic E-state index is 13.4. The van der Waals surface area contributed by atoms with E-state index in [1.165, 1.54) is 32.1 Å². The number of aromatic nitrogens is 2. The summed E-state index contributed by atoms with van der Waals surface area (Å²) in [6, 6.07) is 7.94. The van der Waals surface area contributed by atoms with Gasteiger partial charge in [-0.2, -0.15) is 0 Å². The molecule has 1 saturated heterocycles. The van der Waals surface area contributed by atoms with E-state index in [0.29, 0.717) is 29.9 Å². The van der Waals surface area contributed by atoms with Crippen LogP contribution in [0.25, 0.3) is 22.2 Å². The van der Waals surface area contributed by atoms with Crippen molar-refractivity contribution >= 4 is 40.1 Å². The molecule has 1 aromatic carbocycles. The first-order valence-corrected chi connectivity index (χ1v) is 14.6. The Morgan fingerprint density at radius 1 is 1.18 bits per heavy atom. The number of H-pyrrole nitrogens is 1. The van der Waals surface area contributed by atoms with Gasteiger partial charge in [-0.15, -0.1) is 0 Å². The Morgan fingerprint density at radius 3 is 2.71 bits per heavy atom. The van der Waals surface area contributed by atoms with E-state index < -0.39 is 0 Å². The zero-order valence-corrected chi connectivity index (χ0v) is 22.6. The summed E-state index contributed by atoms with van der Waals surface area (Å²) in [6.45, 7) is 3.37. The van der Waals surface area contributed by atoms with Gasteiger partial charge in [0.05, 0.1) is 5.02 Å². The van der Waals surface area contributed by atoms with Crippen LogP contribution in [-0.2, 0) is 16.0 Å². The molecule has 0 radical (unpaired) electrons. The van der Waals surface area contributed by atoms with Gasteiger partial charge in [0.15, 0.2) is 0 Å². The fraction of sp³-hybridized carbons (Fsp3) is 0.516. The summed E-state index contributed by atoms with van der Waals surface area (Å²) < 4.78 is 0. The number of carbonyl (C=O) groups is 2. The van der Waals surface area contributed by atoms with Crippen LogP contribution in [0, 0.1) is 28.6 Å². The molecule has 8 rings (SSSR count). The Kier molecular flexibility index (Phi) is 4.76. The van der Waals surface area contributed by atoms with E-state index >= 15 is 0 Å². The lowest BCUT2D eigenvalue weighted by molar-refractivity contribution is -0.177. The topological polar surface area (TPSA) is 69.3 Å². The Bertz CT molecular complexity index is 1490. The van der Waals surface area contributed by atoms with Gasteiger partial charge in [0.1, 0.15) is 12.2 Å². The summed E-state index contributed by atoms with van der Waals surface area (Å²) >= 11 is 6.87. The largest absolute Gasteiger partial charge is 0.346 e. The van der Waals surface area contributed by atoms with Gasteiger partial charge in [-0.3, -0.25) is 9.59 Å². The van der Waals surface area contributed by atoms with Crippen molar-refractivity contribution in [3.8, 4) is 11.1 Å². The second-order valence-electron chi connectivity index (χ2n) is 12.7. The highest BCUT2D eigenvalue weighted by atomic mass is 35.5. The normalized spacial score (nSPS) is 32.9. The lowest BCUT2D eigenvalue weighted by Gasteiger charge is -2.66. The predicted molar refractivity (Wildman–Crippen MR) is 148 cm³/mol. The molecule has 2 amide bonds. The van der Waals surface area contributed by atoms with E-state index in [1.54, 1.807) is 6.20 Å². The van der Waals surface area contributed by atoms with E-state index in [2.05, 4.69) is 16.9 Å². The van der Waals surface area contributed by atoms with Gasteiger partial charge >= 0.3 is 0 Å². The molecule has 7 heteroatoms. The average molecular weight is 529 g/mol. The lowest BCUT2D eigenvalue weighted by Crippen LogP contribution is -2.59. The number of aryl methyl sites for hydroxylation is 1. The Morgan fingerprint density at radius 2 is 2.00 bits per heavy atom. The van der Waals surface area contributed by atoms with E-state index in [0.717, 1.165) is 57.6 Å². The van der Waals surface area contributed by atoms with E-state index in [1.807, 2.05) is 40.3 Å². The number of hydrogen-bond donors (Lipinski definition) is 1. The SMILES string of the molecule is CCc1c[nH]c2ncc(-c3cccc(N4CCN(C(=O)CC56CC7CC8CC(C5)C87C6)CC4=O)c3)c(Cl)c12. The summed E-state index contributed by atoms with van der Waals surface area (Å²) in [7, 11) is 0. The third-order valence-electron chi connectivity index (χ3n) is 11.1. The van der Waals surface area contributed by atoms with E-state index in [-0.39, 0.29) is 23.8 Å². The molecule has 4 saturated carbocycles. The van der Waals surface area contributed by atoms with Crippen molar-refractivity contribution < 1.29 is 9.59 Å². The fourth-order valence-corrected chi connectivity index (χ4v) is 9.85. The highest BCUT2D eigenvalue weighted by molar-refractivity contribution is 6.38. The maximum absolute atomic E-state index is 13.4. The monoisotopic (exact) mass is 528 g/mol. The van der Waals surface area contributed by atoms with Gasteiger partial charge < -0.3 is 14.8 Å². The number of piperazine rings is 1. The van der Waals surface area contributed by atoms with Gasteiger partial charge in [0.25, 0.3) is 0 Å². The molecular weight excluding hydrogens is 496 g/mol. The number of pyridine rings is 1. The van der Waals surface area contributed by atoms with Crippen LogP contribution in [0.5, 0.6) is 0 Å². The third-order valence-corrected chi connectivity index (χ3v) is 11.5. The van der Waals surface area contributed by atoms with Gasteiger partial charge in [-0.1, -0.05) is 30.7 Å². The highest BCUT2D eigenvalue weighted by Gasteiger charge is 2.77. The molecule has 3 heterocycles. The number of fused-ring (bicyclic) bond motifs is 2. The first-order chi connectivity index (χ1) is 18.4. The van der Waals surface area contributed by atoms with Crippen molar-refractivity contribution in [3.05, 3.63) is 47.2 Å². The molecule has 1 aliphatic heterocycles. The maximum Gasteiger partial charge on any atom is 0.246 e. The minimum atomic E-state index is -0.0190. The minimum Gasteiger partial charge on any atom is -0.346 e. The van der Waals surface area contributed by atoms with Crippen LogP contribution >= 0.6 is 11.6 Å². The molecule has 5 fully saturated rings. The molecule has 2 atom stereocenters. The number of amides is 2. The molecule has 1 N–H and O–H groups in total. The fourth-order valence-electron chi connectivity index (χ4n) is 9.48. The average Bonchev–Trinajstić information content (AvgIpc) is 3.55. The predicted octanol–water partition coefficient (Wildman–Crippen LogP) is 5.84. The zero-order chi connectivity index (χ0) is 25.8. The van der Waals surface area contributed by atoms with Crippen LogP contribution in [0.1, 0.15) is 51.0 Å². The number of halogens is 1. The van der Waals surface area contributed by atoms with Gasteiger partial charge in [0.2, 0.25) is 11.8 Å². The molecule has 2 aromatic heterocycles. The summed E-state index contributed by atoms with van der Waals surface area (Å²) in [5.74, 6) is 2.89. The summed E-state index contributed by atoms with van der Waals surface area (Å²) in [4.78, 5) is 38.1. The lowest BCUT2D eigenvalue weighted by atomic mass is 9.38. The molecule has 4 aliphatic carbocycles. The molecule has 196 valence electrons. The Balaban J connectivity index is 0.987. The Hall–Kier alpha value is -2.86. The van der Waals surface area contributed by atoms with Crippen molar-refractivity contribution in [2.24, 2.45) is 28.6 Å². The Labute approximate surface area is 227 Å². The standard InChI is InChI=1S/C31H33ClN4O2/c1-2-18-14-33-29-27(18)28(32)24(15-34-29)19-4-3-5-23(8-19)36-7-6-35(16-26(36)38)25(37)13-30-11-21-9-20-10-22(12-30)31(20,21)17-30/h3-5,8,14-15,20-22H,2,6-7,9-13,16-17H2,1H3,(H,33,34). The van der Waals surface area contributed by atoms with Crippen LogP contribution in [0.15, 0.2) is 36.7 Å². The number of hydrogen-bond acceptors (Lipinski definition) is 3. The second kappa shape index (κ2) is 7.84. The number of benzene rings is 1. The molecule has 2 unspecified atom stereocenters. The van der Waals surface area contributed by atoms with Crippen molar-refractivity contribution in [1.82, 2.24) is 14.9 Å². The van der Waals surface area contributed by atoms with Crippen LogP contribution < -0.4 is 4.90 Å². The van der Waals surface area contributed by atoms with Crippen molar-refractivity contribution in [2.75, 3.05) is 24.5 Å². The molecule has 38 heavy (non-hydrogen) atoms. The van der Waals surface area contributed by atoms with Crippen LogP contribution in [-0.4, -0.2) is 46.3 Å². The van der Waals surface area contributed by atoms with Crippen molar-refractivity contribution in [2.45, 2.75) is 51.9 Å².